The van der Waals surface area contributed by atoms with E-state index in [1.54, 1.807) is 44.4 Å². The second kappa shape index (κ2) is 8.57. The molecule has 0 bridgehead atoms. The molecule has 0 aliphatic rings. The Balaban J connectivity index is 2.21. The highest BCUT2D eigenvalue weighted by molar-refractivity contribution is 7.18. The summed E-state index contributed by atoms with van der Waals surface area (Å²) in [5.41, 5.74) is 0.791. The van der Waals surface area contributed by atoms with Crippen molar-refractivity contribution in [1.82, 2.24) is 4.90 Å². The van der Waals surface area contributed by atoms with Gasteiger partial charge >= 0.3 is 0 Å². The van der Waals surface area contributed by atoms with Gasteiger partial charge in [0.05, 0.1) is 31.2 Å². The van der Waals surface area contributed by atoms with Gasteiger partial charge in [-0.15, -0.1) is 11.3 Å². The molecule has 0 spiro atoms. The normalized spacial score (nSPS) is 10.2. The number of ether oxygens (including phenoxy) is 3. The number of carbonyl (C=O) groups excluding carboxylic acids is 2. The third kappa shape index (κ3) is 4.26. The van der Waals surface area contributed by atoms with Gasteiger partial charge in [0.15, 0.2) is 11.5 Å². The molecule has 1 N–H and O–H groups in total. The topological polar surface area (TPSA) is 77.1 Å². The van der Waals surface area contributed by atoms with E-state index in [2.05, 4.69) is 5.32 Å². The molecule has 0 unspecified atom stereocenters. The molecule has 0 fully saturated rings. The van der Waals surface area contributed by atoms with Crippen molar-refractivity contribution in [3.8, 4) is 17.2 Å². The Kier molecular flexibility index (Phi) is 6.46. The number of anilines is 1. The lowest BCUT2D eigenvalue weighted by molar-refractivity contribution is -0.114. The van der Waals surface area contributed by atoms with Gasteiger partial charge in [0.2, 0.25) is 11.7 Å². The average molecular weight is 378 g/mol. The summed E-state index contributed by atoms with van der Waals surface area (Å²) in [7, 11) is 6.34. The molecular formula is C18H22N2O5S. The molecule has 0 saturated heterocycles. The third-order valence-corrected chi connectivity index (χ3v) is 4.64. The number of thiophene rings is 1. The number of amides is 2. The van der Waals surface area contributed by atoms with E-state index >= 15 is 0 Å². The monoisotopic (exact) mass is 378 g/mol. The van der Waals surface area contributed by atoms with Crippen molar-refractivity contribution in [2.75, 3.05) is 33.7 Å². The highest BCUT2D eigenvalue weighted by Crippen LogP contribution is 2.40. The molecule has 8 heteroatoms. The summed E-state index contributed by atoms with van der Waals surface area (Å²) in [4.78, 5) is 25.9. The van der Waals surface area contributed by atoms with Gasteiger partial charge in [-0.2, -0.15) is 0 Å². The van der Waals surface area contributed by atoms with Gasteiger partial charge in [-0.05, 0) is 24.3 Å². The second-order valence-corrected chi connectivity index (χ2v) is 6.58. The van der Waals surface area contributed by atoms with Crippen LogP contribution in [0, 0.1) is 0 Å². The Hall–Kier alpha value is -2.74. The molecule has 2 rings (SSSR count). The summed E-state index contributed by atoms with van der Waals surface area (Å²) in [5.74, 6) is 1.24. The van der Waals surface area contributed by atoms with Crippen molar-refractivity contribution in [3.05, 3.63) is 34.7 Å². The summed E-state index contributed by atoms with van der Waals surface area (Å²) in [5, 5.41) is 3.31. The molecule has 7 nitrogen and oxygen atoms in total. The fourth-order valence-corrected chi connectivity index (χ4v) is 3.44. The standard InChI is InChI=1S/C18H22N2O5S/c1-11(21)19-15-9-8-14(26-15)18(22)20(2)10-12-6-7-13(23-3)17(25-5)16(12)24-4/h6-9H,10H2,1-5H3,(H,19,21). The van der Waals surface area contributed by atoms with Crippen LogP contribution in [-0.2, 0) is 11.3 Å². The second-order valence-electron chi connectivity index (χ2n) is 5.50. The minimum absolute atomic E-state index is 0.150. The first-order valence-electron chi connectivity index (χ1n) is 7.82. The summed E-state index contributed by atoms with van der Waals surface area (Å²) in [6, 6.07) is 7.01. The summed E-state index contributed by atoms with van der Waals surface area (Å²) >= 11 is 1.23. The zero-order valence-electron chi connectivity index (χ0n) is 15.4. The van der Waals surface area contributed by atoms with E-state index in [1.807, 2.05) is 6.07 Å². The van der Waals surface area contributed by atoms with E-state index in [1.165, 1.54) is 25.4 Å². The van der Waals surface area contributed by atoms with E-state index < -0.39 is 0 Å². The fourth-order valence-electron chi connectivity index (χ4n) is 2.50. The smallest absolute Gasteiger partial charge is 0.264 e. The first kappa shape index (κ1) is 19.6. The Morgan fingerprint density at radius 1 is 1.04 bits per heavy atom. The predicted molar refractivity (Wildman–Crippen MR) is 101 cm³/mol. The zero-order valence-corrected chi connectivity index (χ0v) is 16.2. The van der Waals surface area contributed by atoms with E-state index in [-0.39, 0.29) is 11.8 Å². The lowest BCUT2D eigenvalue weighted by Crippen LogP contribution is -2.25. The molecule has 1 aromatic heterocycles. The maximum absolute atomic E-state index is 12.7. The van der Waals surface area contributed by atoms with Gasteiger partial charge in [0.25, 0.3) is 5.91 Å². The molecule has 0 aliphatic carbocycles. The van der Waals surface area contributed by atoms with E-state index in [9.17, 15) is 9.59 Å². The van der Waals surface area contributed by atoms with Crippen molar-refractivity contribution < 1.29 is 23.8 Å². The summed E-state index contributed by atoms with van der Waals surface area (Å²) in [6.07, 6.45) is 0. The number of nitrogens with zero attached hydrogens (tertiary/aromatic N) is 1. The largest absolute Gasteiger partial charge is 0.493 e. The molecule has 0 atom stereocenters. The average Bonchev–Trinajstić information content (AvgIpc) is 3.07. The SMILES string of the molecule is COc1ccc(CN(C)C(=O)c2ccc(NC(C)=O)s2)c(OC)c1OC. The van der Waals surface area contributed by atoms with Gasteiger partial charge in [0, 0.05) is 26.1 Å². The van der Waals surface area contributed by atoms with Crippen molar-refractivity contribution in [1.29, 1.82) is 0 Å². The van der Waals surface area contributed by atoms with Gasteiger partial charge in [-0.25, -0.2) is 0 Å². The van der Waals surface area contributed by atoms with Gasteiger partial charge in [-0.3, -0.25) is 9.59 Å². The third-order valence-electron chi connectivity index (χ3n) is 3.66. The van der Waals surface area contributed by atoms with E-state index in [0.29, 0.717) is 33.7 Å². The van der Waals surface area contributed by atoms with Crippen LogP contribution in [-0.4, -0.2) is 45.1 Å². The van der Waals surface area contributed by atoms with Crippen molar-refractivity contribution in [2.45, 2.75) is 13.5 Å². The predicted octanol–water partition coefficient (Wildman–Crippen LogP) is 3.00. The van der Waals surface area contributed by atoms with Crippen molar-refractivity contribution in [3.63, 3.8) is 0 Å². The van der Waals surface area contributed by atoms with Crippen LogP contribution < -0.4 is 19.5 Å². The highest BCUT2D eigenvalue weighted by Gasteiger charge is 2.20. The van der Waals surface area contributed by atoms with Gasteiger partial charge in [-0.1, -0.05) is 0 Å². The van der Waals surface area contributed by atoms with E-state index in [4.69, 9.17) is 14.2 Å². The molecular weight excluding hydrogens is 356 g/mol. The number of rotatable bonds is 7. The number of methoxy groups -OCH3 is 3. The number of hydrogen-bond acceptors (Lipinski definition) is 6. The zero-order chi connectivity index (χ0) is 19.3. The van der Waals surface area contributed by atoms with Gasteiger partial charge < -0.3 is 24.4 Å². The van der Waals surface area contributed by atoms with Crippen LogP contribution in [0.1, 0.15) is 22.2 Å². The lowest BCUT2D eigenvalue weighted by atomic mass is 10.1. The minimum Gasteiger partial charge on any atom is -0.493 e. The Morgan fingerprint density at radius 3 is 2.31 bits per heavy atom. The van der Waals surface area contributed by atoms with Crippen LogP contribution in [0.3, 0.4) is 0 Å². The Morgan fingerprint density at radius 2 is 1.73 bits per heavy atom. The van der Waals surface area contributed by atoms with Crippen molar-refractivity contribution >= 4 is 28.2 Å². The number of hydrogen-bond donors (Lipinski definition) is 1. The number of nitrogens with one attached hydrogen (secondary N) is 1. The fraction of sp³-hybridized carbons (Fsp3) is 0.333. The maximum atomic E-state index is 12.7. The molecule has 2 amide bonds. The summed E-state index contributed by atoms with van der Waals surface area (Å²) in [6.45, 7) is 1.76. The molecule has 140 valence electrons. The molecule has 2 aromatic rings. The van der Waals surface area contributed by atoms with Crippen LogP contribution in [0.4, 0.5) is 5.00 Å². The molecule has 1 aromatic carbocycles. The molecule has 1 heterocycles. The van der Waals surface area contributed by atoms with Crippen LogP contribution in [0.25, 0.3) is 0 Å². The van der Waals surface area contributed by atoms with Crippen LogP contribution >= 0.6 is 11.3 Å². The van der Waals surface area contributed by atoms with Crippen molar-refractivity contribution in [2.24, 2.45) is 0 Å². The maximum Gasteiger partial charge on any atom is 0.264 e. The first-order valence-corrected chi connectivity index (χ1v) is 8.63. The molecule has 0 aliphatic heterocycles. The Labute approximate surface area is 156 Å². The van der Waals surface area contributed by atoms with Gasteiger partial charge in [0.1, 0.15) is 0 Å². The van der Waals surface area contributed by atoms with Crippen LogP contribution in [0.2, 0.25) is 0 Å². The number of benzene rings is 1. The molecule has 26 heavy (non-hydrogen) atoms. The van der Waals surface area contributed by atoms with Crippen LogP contribution in [0.5, 0.6) is 17.2 Å². The first-order chi connectivity index (χ1) is 12.4. The summed E-state index contributed by atoms with van der Waals surface area (Å²) < 4.78 is 16.1. The highest BCUT2D eigenvalue weighted by atomic mass is 32.1. The number of carbonyl (C=O) groups is 2. The minimum atomic E-state index is -0.172. The van der Waals surface area contributed by atoms with E-state index in [0.717, 1.165) is 5.56 Å². The lowest BCUT2D eigenvalue weighted by Gasteiger charge is -2.20. The molecule has 0 saturated carbocycles. The quantitative estimate of drug-likeness (QED) is 0.801. The molecule has 0 radical (unpaired) electrons. The Bertz CT molecular complexity index is 803. The van der Waals surface area contributed by atoms with Crippen LogP contribution in [0.15, 0.2) is 24.3 Å².